The number of anilines is 1. The number of benzene rings is 1. The molecule has 0 saturated heterocycles. The van der Waals surface area contributed by atoms with Crippen LogP contribution in [-0.4, -0.2) is 26.8 Å². The number of amides is 1. The van der Waals surface area contributed by atoms with Crippen LogP contribution in [0.1, 0.15) is 27.6 Å². The first-order valence-electron chi connectivity index (χ1n) is 5.88. The van der Waals surface area contributed by atoms with Gasteiger partial charge in [0, 0.05) is 18.4 Å². The first kappa shape index (κ1) is 14.1. The summed E-state index contributed by atoms with van der Waals surface area (Å²) in [5, 5.41) is 15.6. The molecular weight excluding hydrogens is 282 g/mol. The standard InChI is InChI=1S/C13H12ClN3O3/c1-2-17-7-8(6-15-17)12(18)16-9-3-4-10(13(19)20)11(14)5-9/h3-7H,2H2,1H3,(H,16,18)(H,19,20). The fourth-order valence-corrected chi connectivity index (χ4v) is 1.88. The van der Waals surface area contributed by atoms with Crippen molar-refractivity contribution in [3.63, 3.8) is 0 Å². The van der Waals surface area contributed by atoms with Crippen LogP contribution in [-0.2, 0) is 6.54 Å². The van der Waals surface area contributed by atoms with E-state index in [1.54, 1.807) is 10.9 Å². The SMILES string of the molecule is CCn1cc(C(=O)Nc2ccc(C(=O)O)c(Cl)c2)cn1. The molecule has 0 unspecified atom stereocenters. The maximum Gasteiger partial charge on any atom is 0.337 e. The van der Waals surface area contributed by atoms with Gasteiger partial charge in [-0.05, 0) is 25.1 Å². The molecule has 2 aromatic rings. The maximum atomic E-state index is 11.9. The molecule has 6 nitrogen and oxygen atoms in total. The second-order valence-corrected chi connectivity index (χ2v) is 4.45. The van der Waals surface area contributed by atoms with E-state index in [0.717, 1.165) is 0 Å². The Kier molecular flexibility index (Phi) is 4.05. The second-order valence-electron chi connectivity index (χ2n) is 4.04. The van der Waals surface area contributed by atoms with Crippen LogP contribution in [0.15, 0.2) is 30.6 Å². The van der Waals surface area contributed by atoms with E-state index in [0.29, 0.717) is 17.8 Å². The van der Waals surface area contributed by atoms with Gasteiger partial charge in [0.1, 0.15) is 0 Å². The summed E-state index contributed by atoms with van der Waals surface area (Å²) in [7, 11) is 0. The number of aromatic carboxylic acids is 1. The predicted octanol–water partition coefficient (Wildman–Crippen LogP) is 2.51. The van der Waals surface area contributed by atoms with Crippen LogP contribution in [0.5, 0.6) is 0 Å². The van der Waals surface area contributed by atoms with Gasteiger partial charge < -0.3 is 10.4 Å². The molecule has 20 heavy (non-hydrogen) atoms. The fraction of sp³-hybridized carbons (Fsp3) is 0.154. The highest BCUT2D eigenvalue weighted by Crippen LogP contribution is 2.21. The average molecular weight is 294 g/mol. The Morgan fingerprint density at radius 1 is 1.45 bits per heavy atom. The molecule has 1 aromatic heterocycles. The summed E-state index contributed by atoms with van der Waals surface area (Å²) in [6.07, 6.45) is 3.09. The number of aromatic nitrogens is 2. The molecule has 0 radical (unpaired) electrons. The molecule has 1 heterocycles. The Morgan fingerprint density at radius 3 is 2.75 bits per heavy atom. The normalized spacial score (nSPS) is 10.3. The van der Waals surface area contributed by atoms with Crippen molar-refractivity contribution in [2.24, 2.45) is 0 Å². The second kappa shape index (κ2) is 5.75. The first-order valence-corrected chi connectivity index (χ1v) is 6.25. The number of nitrogens with one attached hydrogen (secondary N) is 1. The number of halogens is 1. The first-order chi connectivity index (χ1) is 9.51. The summed E-state index contributed by atoms with van der Waals surface area (Å²) in [5.74, 6) is -1.44. The lowest BCUT2D eigenvalue weighted by Crippen LogP contribution is -2.11. The largest absolute Gasteiger partial charge is 0.478 e. The lowest BCUT2D eigenvalue weighted by molar-refractivity contribution is 0.0697. The molecule has 0 aliphatic rings. The van der Waals surface area contributed by atoms with Crippen LogP contribution < -0.4 is 5.32 Å². The number of carbonyl (C=O) groups excluding carboxylic acids is 1. The summed E-state index contributed by atoms with van der Waals surface area (Å²) in [4.78, 5) is 22.8. The molecule has 0 atom stereocenters. The number of aryl methyl sites for hydroxylation is 1. The van der Waals surface area contributed by atoms with Gasteiger partial charge in [-0.1, -0.05) is 11.6 Å². The number of rotatable bonds is 4. The topological polar surface area (TPSA) is 84.2 Å². The highest BCUT2D eigenvalue weighted by Gasteiger charge is 2.12. The number of hydrogen-bond donors (Lipinski definition) is 2. The van der Waals surface area contributed by atoms with E-state index in [2.05, 4.69) is 10.4 Å². The van der Waals surface area contributed by atoms with Crippen molar-refractivity contribution in [3.05, 3.63) is 46.7 Å². The summed E-state index contributed by atoms with van der Waals surface area (Å²) >= 11 is 5.83. The van der Waals surface area contributed by atoms with E-state index in [1.165, 1.54) is 24.4 Å². The quantitative estimate of drug-likeness (QED) is 0.907. The number of carboxylic acid groups (broad SMARTS) is 1. The van der Waals surface area contributed by atoms with Crippen molar-refractivity contribution in [1.82, 2.24) is 9.78 Å². The summed E-state index contributed by atoms with van der Waals surface area (Å²) in [5.41, 5.74) is 0.836. The Bertz CT molecular complexity index is 667. The third-order valence-electron chi connectivity index (χ3n) is 2.68. The van der Waals surface area contributed by atoms with Gasteiger partial charge in [0.15, 0.2) is 0 Å². The molecule has 0 spiro atoms. The van der Waals surface area contributed by atoms with E-state index in [4.69, 9.17) is 16.7 Å². The average Bonchev–Trinajstić information content (AvgIpc) is 2.87. The zero-order valence-electron chi connectivity index (χ0n) is 10.6. The molecule has 2 N–H and O–H groups in total. The van der Waals surface area contributed by atoms with Crippen LogP contribution in [0.2, 0.25) is 5.02 Å². The minimum Gasteiger partial charge on any atom is -0.478 e. The van der Waals surface area contributed by atoms with Crippen molar-refractivity contribution in [2.75, 3.05) is 5.32 Å². The van der Waals surface area contributed by atoms with Gasteiger partial charge in [-0.15, -0.1) is 0 Å². The van der Waals surface area contributed by atoms with Gasteiger partial charge in [0.25, 0.3) is 5.91 Å². The summed E-state index contributed by atoms with van der Waals surface area (Å²) in [6, 6.07) is 4.22. The van der Waals surface area contributed by atoms with Gasteiger partial charge >= 0.3 is 5.97 Å². The summed E-state index contributed by atoms with van der Waals surface area (Å²) in [6.45, 7) is 2.59. The monoisotopic (exact) mass is 293 g/mol. The molecule has 0 saturated carbocycles. The lowest BCUT2D eigenvalue weighted by Gasteiger charge is -2.05. The number of nitrogens with zero attached hydrogens (tertiary/aromatic N) is 2. The van der Waals surface area contributed by atoms with Gasteiger partial charge in [-0.3, -0.25) is 9.48 Å². The third kappa shape index (κ3) is 2.97. The van der Waals surface area contributed by atoms with Crippen LogP contribution in [0.25, 0.3) is 0 Å². The van der Waals surface area contributed by atoms with Crippen molar-refractivity contribution in [2.45, 2.75) is 13.5 Å². The van der Waals surface area contributed by atoms with Gasteiger partial charge in [0.05, 0.1) is 22.3 Å². The minimum atomic E-state index is -1.11. The van der Waals surface area contributed by atoms with Crippen LogP contribution >= 0.6 is 11.6 Å². The zero-order valence-corrected chi connectivity index (χ0v) is 11.4. The molecule has 1 amide bonds. The van der Waals surface area contributed by atoms with E-state index < -0.39 is 5.97 Å². The molecule has 1 aromatic carbocycles. The Hall–Kier alpha value is -2.34. The third-order valence-corrected chi connectivity index (χ3v) is 2.99. The number of carboxylic acids is 1. The predicted molar refractivity (Wildman–Crippen MR) is 74.3 cm³/mol. The van der Waals surface area contributed by atoms with Crippen LogP contribution in [0, 0.1) is 0 Å². The molecule has 7 heteroatoms. The van der Waals surface area contributed by atoms with E-state index >= 15 is 0 Å². The van der Waals surface area contributed by atoms with E-state index in [-0.39, 0.29) is 16.5 Å². The maximum absolute atomic E-state index is 11.9. The minimum absolute atomic E-state index is 0.0107. The summed E-state index contributed by atoms with van der Waals surface area (Å²) < 4.78 is 1.63. The molecule has 2 rings (SSSR count). The zero-order chi connectivity index (χ0) is 14.7. The highest BCUT2D eigenvalue weighted by atomic mass is 35.5. The molecular formula is C13H12ClN3O3. The van der Waals surface area contributed by atoms with Gasteiger partial charge in [-0.2, -0.15) is 5.10 Å². The molecule has 0 aliphatic heterocycles. The van der Waals surface area contributed by atoms with Crippen molar-refractivity contribution < 1.29 is 14.7 Å². The van der Waals surface area contributed by atoms with Gasteiger partial charge in [0.2, 0.25) is 0 Å². The Labute approximate surface area is 120 Å². The molecule has 0 bridgehead atoms. The lowest BCUT2D eigenvalue weighted by atomic mass is 10.2. The van der Waals surface area contributed by atoms with E-state index in [1.807, 2.05) is 6.92 Å². The number of hydrogen-bond acceptors (Lipinski definition) is 3. The van der Waals surface area contributed by atoms with Crippen molar-refractivity contribution in [3.8, 4) is 0 Å². The smallest absolute Gasteiger partial charge is 0.337 e. The highest BCUT2D eigenvalue weighted by molar-refractivity contribution is 6.33. The Morgan fingerprint density at radius 2 is 2.20 bits per heavy atom. The Balaban J connectivity index is 2.15. The van der Waals surface area contributed by atoms with E-state index in [9.17, 15) is 9.59 Å². The molecule has 104 valence electrons. The molecule has 0 aliphatic carbocycles. The van der Waals surface area contributed by atoms with Crippen molar-refractivity contribution in [1.29, 1.82) is 0 Å². The van der Waals surface area contributed by atoms with Gasteiger partial charge in [-0.25, -0.2) is 4.79 Å². The van der Waals surface area contributed by atoms with Crippen LogP contribution in [0.4, 0.5) is 5.69 Å². The molecule has 0 fully saturated rings. The van der Waals surface area contributed by atoms with Crippen molar-refractivity contribution >= 4 is 29.2 Å². The fourth-order valence-electron chi connectivity index (χ4n) is 1.62. The van der Waals surface area contributed by atoms with Crippen LogP contribution in [0.3, 0.4) is 0 Å². The number of carbonyl (C=O) groups is 2.